The molecule has 3 aromatic rings. The standard InChI is InChI=1S/C26H21ClN4O4/c1-25-8-9-26(35-25,10-12-34-19-7-5-16(27)14-30-19)21-20(25)23(32)31(24(21)33)18-6-4-15(13-28)22-17(18)3-2-11-29-22/h2-7,11,14,20-21H,8-10,12H2,1H3/t20-,21+,25?,26?/m1/s1. The van der Waals surface area contributed by atoms with Crippen molar-refractivity contribution in [3.8, 4) is 11.9 Å². The zero-order valence-electron chi connectivity index (χ0n) is 18.9. The highest BCUT2D eigenvalue weighted by atomic mass is 35.5. The molecule has 35 heavy (non-hydrogen) atoms. The van der Waals surface area contributed by atoms with Gasteiger partial charge in [0.25, 0.3) is 0 Å². The molecule has 2 aromatic heterocycles. The smallest absolute Gasteiger partial charge is 0.240 e. The predicted molar refractivity (Wildman–Crippen MR) is 127 cm³/mol. The molecule has 3 saturated heterocycles. The van der Waals surface area contributed by atoms with Crippen LogP contribution < -0.4 is 9.64 Å². The Morgan fingerprint density at radius 2 is 2.00 bits per heavy atom. The summed E-state index contributed by atoms with van der Waals surface area (Å²) in [5.74, 6) is -1.27. The third-order valence-electron chi connectivity index (χ3n) is 7.60. The van der Waals surface area contributed by atoms with Crippen LogP contribution in [0.25, 0.3) is 10.9 Å². The van der Waals surface area contributed by atoms with Gasteiger partial charge in [0, 0.05) is 30.3 Å². The van der Waals surface area contributed by atoms with Crippen molar-refractivity contribution in [1.82, 2.24) is 9.97 Å². The number of hydrogen-bond acceptors (Lipinski definition) is 7. The minimum absolute atomic E-state index is 0.265. The predicted octanol–water partition coefficient (Wildman–Crippen LogP) is 4.05. The van der Waals surface area contributed by atoms with Crippen LogP contribution in [0, 0.1) is 23.2 Å². The molecule has 6 rings (SSSR count). The van der Waals surface area contributed by atoms with Crippen molar-refractivity contribution in [2.75, 3.05) is 11.5 Å². The van der Waals surface area contributed by atoms with E-state index in [0.29, 0.717) is 58.9 Å². The molecule has 0 aliphatic carbocycles. The quantitative estimate of drug-likeness (QED) is 0.499. The summed E-state index contributed by atoms with van der Waals surface area (Å²) in [6.45, 7) is 2.22. The summed E-state index contributed by atoms with van der Waals surface area (Å²) in [4.78, 5) is 37.4. The Hall–Kier alpha value is -3.54. The average molecular weight is 489 g/mol. The van der Waals surface area contributed by atoms with E-state index in [1.165, 1.54) is 11.1 Å². The second-order valence-electron chi connectivity index (χ2n) is 9.50. The van der Waals surface area contributed by atoms with E-state index in [0.717, 1.165) is 0 Å². The van der Waals surface area contributed by atoms with Gasteiger partial charge in [-0.3, -0.25) is 14.6 Å². The Morgan fingerprint density at radius 3 is 2.77 bits per heavy atom. The number of pyridine rings is 2. The second kappa shape index (κ2) is 7.74. The number of imide groups is 1. The molecule has 3 aliphatic rings. The van der Waals surface area contributed by atoms with Crippen LogP contribution in [0.5, 0.6) is 5.88 Å². The molecule has 3 fully saturated rings. The summed E-state index contributed by atoms with van der Waals surface area (Å²) in [5.41, 5.74) is -0.187. The van der Waals surface area contributed by atoms with Gasteiger partial charge in [0.15, 0.2) is 0 Å². The molecule has 0 radical (unpaired) electrons. The second-order valence-corrected chi connectivity index (χ2v) is 9.94. The van der Waals surface area contributed by atoms with Gasteiger partial charge < -0.3 is 9.47 Å². The molecule has 2 bridgehead atoms. The number of nitrogens with zero attached hydrogens (tertiary/aromatic N) is 4. The largest absolute Gasteiger partial charge is 0.478 e. The molecule has 0 saturated carbocycles. The number of rotatable bonds is 5. The SMILES string of the molecule is CC12CCC(CCOc3ccc(Cl)cn3)(O1)[C@@H]1C(=O)N(c3ccc(C#N)c4ncccc34)C(=O)[C@@H]12. The van der Waals surface area contributed by atoms with Gasteiger partial charge in [0.2, 0.25) is 17.7 Å². The van der Waals surface area contributed by atoms with Gasteiger partial charge in [0.1, 0.15) is 6.07 Å². The molecular formula is C26H21ClN4O4. The summed E-state index contributed by atoms with van der Waals surface area (Å²) in [6, 6.07) is 12.3. The van der Waals surface area contributed by atoms with Crippen molar-refractivity contribution in [3.05, 3.63) is 59.4 Å². The van der Waals surface area contributed by atoms with Crippen LogP contribution in [-0.2, 0) is 14.3 Å². The number of hydrogen-bond donors (Lipinski definition) is 0. The summed E-state index contributed by atoms with van der Waals surface area (Å²) in [7, 11) is 0. The Balaban J connectivity index is 1.33. The molecule has 1 aromatic carbocycles. The van der Waals surface area contributed by atoms with Crippen molar-refractivity contribution < 1.29 is 19.1 Å². The van der Waals surface area contributed by atoms with Crippen molar-refractivity contribution in [2.45, 2.75) is 37.4 Å². The van der Waals surface area contributed by atoms with Gasteiger partial charge in [-0.1, -0.05) is 11.6 Å². The van der Waals surface area contributed by atoms with Gasteiger partial charge in [0.05, 0.1) is 51.4 Å². The highest BCUT2D eigenvalue weighted by molar-refractivity contribution is 6.30. The first-order chi connectivity index (χ1) is 16.9. The van der Waals surface area contributed by atoms with Crippen LogP contribution >= 0.6 is 11.6 Å². The van der Waals surface area contributed by atoms with E-state index in [-0.39, 0.29) is 11.8 Å². The van der Waals surface area contributed by atoms with Crippen LogP contribution in [0.4, 0.5) is 5.69 Å². The fraction of sp³-hybridized carbons (Fsp3) is 0.346. The summed E-state index contributed by atoms with van der Waals surface area (Å²) in [6.07, 6.45) is 4.92. The van der Waals surface area contributed by atoms with E-state index < -0.39 is 23.0 Å². The van der Waals surface area contributed by atoms with Crippen LogP contribution in [-0.4, -0.2) is 39.6 Å². The molecule has 4 atom stereocenters. The molecule has 2 amide bonds. The van der Waals surface area contributed by atoms with Crippen molar-refractivity contribution in [3.63, 3.8) is 0 Å². The van der Waals surface area contributed by atoms with Crippen molar-refractivity contribution >= 4 is 40.0 Å². The number of carbonyl (C=O) groups is 2. The van der Waals surface area contributed by atoms with Gasteiger partial charge in [-0.25, -0.2) is 9.88 Å². The number of carbonyl (C=O) groups excluding carboxylic acids is 2. The maximum absolute atomic E-state index is 13.9. The highest BCUT2D eigenvalue weighted by Crippen LogP contribution is 2.62. The van der Waals surface area contributed by atoms with Crippen molar-refractivity contribution in [2.24, 2.45) is 11.8 Å². The lowest BCUT2D eigenvalue weighted by Crippen LogP contribution is -2.43. The van der Waals surface area contributed by atoms with E-state index in [1.54, 1.807) is 42.6 Å². The Bertz CT molecular complexity index is 1420. The molecule has 8 nitrogen and oxygen atoms in total. The van der Waals surface area contributed by atoms with Crippen LogP contribution in [0.2, 0.25) is 5.02 Å². The first kappa shape index (κ1) is 22.0. The lowest BCUT2D eigenvalue weighted by molar-refractivity contribution is -0.131. The van der Waals surface area contributed by atoms with E-state index in [2.05, 4.69) is 16.0 Å². The summed E-state index contributed by atoms with van der Waals surface area (Å²) < 4.78 is 12.3. The summed E-state index contributed by atoms with van der Waals surface area (Å²) in [5, 5.41) is 10.6. The lowest BCUT2D eigenvalue weighted by atomic mass is 9.67. The molecule has 3 aliphatic heterocycles. The minimum Gasteiger partial charge on any atom is -0.478 e. The molecule has 2 unspecified atom stereocenters. The number of ether oxygens (including phenoxy) is 2. The molecule has 5 heterocycles. The number of nitriles is 1. The van der Waals surface area contributed by atoms with Crippen LogP contribution in [0.3, 0.4) is 0 Å². The van der Waals surface area contributed by atoms with E-state index in [9.17, 15) is 14.9 Å². The number of fused-ring (bicyclic) bond motifs is 6. The highest BCUT2D eigenvalue weighted by Gasteiger charge is 2.73. The molecule has 0 N–H and O–H groups in total. The van der Waals surface area contributed by atoms with Gasteiger partial charge >= 0.3 is 0 Å². The monoisotopic (exact) mass is 488 g/mol. The number of halogens is 1. The number of amides is 2. The normalized spacial score (nSPS) is 29.0. The third kappa shape index (κ3) is 3.15. The fourth-order valence-corrected chi connectivity index (χ4v) is 6.18. The van der Waals surface area contributed by atoms with Gasteiger partial charge in [-0.2, -0.15) is 5.26 Å². The van der Waals surface area contributed by atoms with Gasteiger partial charge in [-0.05, 0) is 50.1 Å². The molecule has 9 heteroatoms. The number of benzene rings is 1. The number of anilines is 1. The molecule has 176 valence electrons. The van der Waals surface area contributed by atoms with Gasteiger partial charge in [-0.15, -0.1) is 0 Å². The van der Waals surface area contributed by atoms with E-state index in [1.807, 2.05) is 6.92 Å². The number of aromatic nitrogens is 2. The summed E-state index contributed by atoms with van der Waals surface area (Å²) >= 11 is 5.89. The lowest BCUT2D eigenvalue weighted by Gasteiger charge is -2.31. The van der Waals surface area contributed by atoms with Crippen LogP contribution in [0.15, 0.2) is 48.8 Å². The Labute approximate surface area is 206 Å². The Morgan fingerprint density at radius 1 is 1.17 bits per heavy atom. The first-order valence-corrected chi connectivity index (χ1v) is 11.8. The zero-order chi connectivity index (χ0) is 24.4. The molecule has 0 spiro atoms. The average Bonchev–Trinajstić information content (AvgIpc) is 3.44. The third-order valence-corrected chi connectivity index (χ3v) is 7.82. The maximum atomic E-state index is 13.9. The molecular weight excluding hydrogens is 468 g/mol. The van der Waals surface area contributed by atoms with Crippen molar-refractivity contribution in [1.29, 1.82) is 5.26 Å². The Kier molecular flexibility index (Phi) is 4.85. The van der Waals surface area contributed by atoms with E-state index in [4.69, 9.17) is 21.1 Å². The fourth-order valence-electron chi connectivity index (χ4n) is 6.07. The zero-order valence-corrected chi connectivity index (χ0v) is 19.7. The topological polar surface area (TPSA) is 105 Å². The maximum Gasteiger partial charge on any atom is 0.240 e. The minimum atomic E-state index is -0.784. The first-order valence-electron chi connectivity index (χ1n) is 11.5. The van der Waals surface area contributed by atoms with E-state index >= 15 is 0 Å². The van der Waals surface area contributed by atoms with Crippen LogP contribution in [0.1, 0.15) is 31.7 Å².